The van der Waals surface area contributed by atoms with Gasteiger partial charge in [-0.25, -0.2) is 8.78 Å². The molecule has 0 spiro atoms. The molecule has 74 valence electrons. The van der Waals surface area contributed by atoms with Crippen molar-refractivity contribution >= 4 is 5.84 Å². The molecule has 0 aromatic heterocycles. The number of hydrogen-bond acceptors (Lipinski definition) is 2. The summed E-state index contributed by atoms with van der Waals surface area (Å²) < 4.78 is 25.6. The molecule has 0 amide bonds. The van der Waals surface area contributed by atoms with E-state index >= 15 is 0 Å². The largest absolute Gasteiger partial charge is 0.372 e. The molecule has 0 unspecified atom stereocenters. The maximum Gasteiger partial charge on any atom is 0.126 e. The summed E-state index contributed by atoms with van der Waals surface area (Å²) in [4.78, 5) is 4.15. The average Bonchev–Trinajstić information content (AvgIpc) is 2.54. The standard InChI is InChI=1S/C10H10F2N2/c11-8-3-7(4-9(12)6-8)5-10-13-1-2-14-10/h3-4,6H,1-2,5H2,(H,13,14). The third-order valence-corrected chi connectivity index (χ3v) is 2.04. The molecule has 1 aromatic carbocycles. The summed E-state index contributed by atoms with van der Waals surface area (Å²) in [5.74, 6) is -0.285. The minimum Gasteiger partial charge on any atom is -0.372 e. The van der Waals surface area contributed by atoms with Crippen LogP contribution in [-0.4, -0.2) is 18.9 Å². The van der Waals surface area contributed by atoms with Gasteiger partial charge in [0, 0.05) is 19.0 Å². The number of aliphatic imine (C=N–C) groups is 1. The minimum atomic E-state index is -0.543. The number of halogens is 2. The smallest absolute Gasteiger partial charge is 0.126 e. The number of hydrogen-bond donors (Lipinski definition) is 1. The van der Waals surface area contributed by atoms with Crippen molar-refractivity contribution in [3.8, 4) is 0 Å². The molecule has 0 aliphatic carbocycles. The second-order valence-electron chi connectivity index (χ2n) is 3.21. The molecule has 0 bridgehead atoms. The Hall–Kier alpha value is -1.45. The van der Waals surface area contributed by atoms with E-state index in [1.54, 1.807) is 0 Å². The van der Waals surface area contributed by atoms with Crippen molar-refractivity contribution in [2.45, 2.75) is 6.42 Å². The SMILES string of the molecule is Fc1cc(F)cc(CC2=NCCN2)c1. The molecule has 1 aromatic rings. The Morgan fingerprint density at radius 3 is 2.50 bits per heavy atom. The molecule has 1 aliphatic heterocycles. The molecule has 0 saturated carbocycles. The van der Waals surface area contributed by atoms with Gasteiger partial charge in [0.2, 0.25) is 0 Å². The molecule has 0 saturated heterocycles. The molecule has 0 radical (unpaired) electrons. The summed E-state index contributed by atoms with van der Waals surface area (Å²) in [6.07, 6.45) is 0.467. The van der Waals surface area contributed by atoms with E-state index in [-0.39, 0.29) is 0 Å². The van der Waals surface area contributed by atoms with Gasteiger partial charge < -0.3 is 5.32 Å². The summed E-state index contributed by atoms with van der Waals surface area (Å²) >= 11 is 0. The predicted molar refractivity (Wildman–Crippen MR) is 50.4 cm³/mol. The Kier molecular flexibility index (Phi) is 2.43. The maximum absolute atomic E-state index is 12.8. The van der Waals surface area contributed by atoms with Gasteiger partial charge in [-0.1, -0.05) is 0 Å². The monoisotopic (exact) mass is 196 g/mol. The van der Waals surface area contributed by atoms with Crippen LogP contribution in [-0.2, 0) is 6.42 Å². The lowest BCUT2D eigenvalue weighted by Crippen LogP contribution is -2.20. The molecule has 1 heterocycles. The van der Waals surface area contributed by atoms with E-state index in [9.17, 15) is 8.78 Å². The van der Waals surface area contributed by atoms with E-state index in [4.69, 9.17) is 0 Å². The molecule has 1 aliphatic rings. The quantitative estimate of drug-likeness (QED) is 0.761. The second-order valence-corrected chi connectivity index (χ2v) is 3.21. The molecule has 0 fully saturated rings. The fraction of sp³-hybridized carbons (Fsp3) is 0.300. The Labute approximate surface area is 80.7 Å². The van der Waals surface area contributed by atoms with Crippen molar-refractivity contribution < 1.29 is 8.78 Å². The fourth-order valence-corrected chi connectivity index (χ4v) is 1.47. The highest BCUT2D eigenvalue weighted by molar-refractivity contribution is 5.85. The Morgan fingerprint density at radius 2 is 1.93 bits per heavy atom. The summed E-state index contributed by atoms with van der Waals surface area (Å²) in [7, 11) is 0. The van der Waals surface area contributed by atoms with Crippen LogP contribution in [0.4, 0.5) is 8.78 Å². The highest BCUT2D eigenvalue weighted by atomic mass is 19.1. The molecular formula is C10H10F2N2. The summed E-state index contributed by atoms with van der Waals surface area (Å²) in [5, 5.41) is 3.05. The Bertz CT molecular complexity index is 354. The van der Waals surface area contributed by atoms with Crippen molar-refractivity contribution in [2.24, 2.45) is 4.99 Å². The number of nitrogens with zero attached hydrogens (tertiary/aromatic N) is 1. The Balaban J connectivity index is 2.15. The molecule has 1 N–H and O–H groups in total. The van der Waals surface area contributed by atoms with Gasteiger partial charge in [-0.3, -0.25) is 4.99 Å². The zero-order valence-electron chi connectivity index (χ0n) is 7.56. The van der Waals surface area contributed by atoms with E-state index in [2.05, 4.69) is 10.3 Å². The van der Waals surface area contributed by atoms with Crippen LogP contribution in [0, 0.1) is 11.6 Å². The van der Waals surface area contributed by atoms with Crippen molar-refractivity contribution in [1.82, 2.24) is 5.32 Å². The topological polar surface area (TPSA) is 24.4 Å². The van der Waals surface area contributed by atoms with E-state index in [1.165, 1.54) is 12.1 Å². The molecule has 4 heteroatoms. The van der Waals surface area contributed by atoms with Crippen LogP contribution in [0.3, 0.4) is 0 Å². The zero-order valence-corrected chi connectivity index (χ0v) is 7.56. The molecule has 14 heavy (non-hydrogen) atoms. The number of nitrogens with one attached hydrogen (secondary N) is 1. The molecule has 0 atom stereocenters. The summed E-state index contributed by atoms with van der Waals surface area (Å²) in [5.41, 5.74) is 0.607. The van der Waals surface area contributed by atoms with Gasteiger partial charge in [-0.05, 0) is 17.7 Å². The summed E-state index contributed by atoms with van der Waals surface area (Å²) in [6.45, 7) is 1.56. The third kappa shape index (κ3) is 2.07. The van der Waals surface area contributed by atoms with E-state index < -0.39 is 11.6 Å². The first kappa shape index (κ1) is 9.12. The molecule has 2 rings (SSSR count). The number of benzene rings is 1. The van der Waals surface area contributed by atoms with Gasteiger partial charge in [0.25, 0.3) is 0 Å². The minimum absolute atomic E-state index is 0.467. The van der Waals surface area contributed by atoms with E-state index in [0.29, 0.717) is 12.0 Å². The van der Waals surface area contributed by atoms with Crippen LogP contribution >= 0.6 is 0 Å². The van der Waals surface area contributed by atoms with Gasteiger partial charge in [0.15, 0.2) is 0 Å². The van der Waals surface area contributed by atoms with Gasteiger partial charge in [-0.2, -0.15) is 0 Å². The Morgan fingerprint density at radius 1 is 1.21 bits per heavy atom. The first-order chi connectivity index (χ1) is 6.74. The lowest BCUT2D eigenvalue weighted by atomic mass is 10.1. The van der Waals surface area contributed by atoms with Gasteiger partial charge in [0.05, 0.1) is 6.54 Å². The summed E-state index contributed by atoms with van der Waals surface area (Å²) in [6, 6.07) is 3.52. The van der Waals surface area contributed by atoms with Crippen molar-refractivity contribution in [1.29, 1.82) is 0 Å². The lowest BCUT2D eigenvalue weighted by molar-refractivity contribution is 0.581. The molecule has 2 nitrogen and oxygen atoms in total. The van der Waals surface area contributed by atoms with Crippen LogP contribution in [0.1, 0.15) is 5.56 Å². The van der Waals surface area contributed by atoms with Gasteiger partial charge in [0.1, 0.15) is 17.5 Å². The van der Waals surface area contributed by atoms with E-state index in [1.807, 2.05) is 0 Å². The van der Waals surface area contributed by atoms with Gasteiger partial charge in [-0.15, -0.1) is 0 Å². The zero-order chi connectivity index (χ0) is 9.97. The number of amidine groups is 1. The number of rotatable bonds is 2. The highest BCUT2D eigenvalue weighted by Gasteiger charge is 2.07. The van der Waals surface area contributed by atoms with Crippen LogP contribution < -0.4 is 5.32 Å². The predicted octanol–water partition coefficient (Wildman–Crippen LogP) is 1.51. The van der Waals surface area contributed by atoms with Crippen LogP contribution in [0.2, 0.25) is 0 Å². The van der Waals surface area contributed by atoms with E-state index in [0.717, 1.165) is 25.0 Å². The normalized spacial score (nSPS) is 15.1. The van der Waals surface area contributed by atoms with Crippen LogP contribution in [0.25, 0.3) is 0 Å². The first-order valence-corrected chi connectivity index (χ1v) is 4.46. The fourth-order valence-electron chi connectivity index (χ4n) is 1.47. The lowest BCUT2D eigenvalue weighted by Gasteiger charge is -2.02. The first-order valence-electron chi connectivity index (χ1n) is 4.46. The maximum atomic E-state index is 12.8. The van der Waals surface area contributed by atoms with Crippen molar-refractivity contribution in [3.05, 3.63) is 35.4 Å². The third-order valence-electron chi connectivity index (χ3n) is 2.04. The molecular weight excluding hydrogens is 186 g/mol. The van der Waals surface area contributed by atoms with Crippen LogP contribution in [0.5, 0.6) is 0 Å². The average molecular weight is 196 g/mol. The highest BCUT2D eigenvalue weighted by Crippen LogP contribution is 2.09. The van der Waals surface area contributed by atoms with Crippen LogP contribution in [0.15, 0.2) is 23.2 Å². The second kappa shape index (κ2) is 3.74. The van der Waals surface area contributed by atoms with Gasteiger partial charge >= 0.3 is 0 Å². The van der Waals surface area contributed by atoms with Crippen molar-refractivity contribution in [2.75, 3.05) is 13.1 Å². The van der Waals surface area contributed by atoms with Crippen molar-refractivity contribution in [3.63, 3.8) is 0 Å².